The first kappa shape index (κ1) is 16.9. The quantitative estimate of drug-likeness (QED) is 0.326. The van der Waals surface area contributed by atoms with Crippen molar-refractivity contribution in [3.63, 3.8) is 0 Å². The van der Waals surface area contributed by atoms with Gasteiger partial charge in [0.05, 0.1) is 12.2 Å². The highest BCUT2D eigenvalue weighted by Gasteiger charge is 2.43. The Balaban J connectivity index is 2.10. The van der Waals surface area contributed by atoms with Gasteiger partial charge in [0.15, 0.2) is 6.23 Å². The number of H-pyrrole nitrogens is 1. The Kier molecular flexibility index (Phi) is 5.16. The van der Waals surface area contributed by atoms with Crippen LogP contribution in [0.2, 0.25) is 0 Å². The van der Waals surface area contributed by atoms with Crippen molar-refractivity contribution < 1.29 is 28.9 Å². The summed E-state index contributed by atoms with van der Waals surface area (Å²) in [6.45, 7) is 1.12. The van der Waals surface area contributed by atoms with Crippen LogP contribution in [0.1, 0.15) is 5.56 Å². The molecule has 0 aliphatic carbocycles. The van der Waals surface area contributed by atoms with Gasteiger partial charge in [-0.3, -0.25) is 14.3 Å². The SMILES string of the molecule is Cc1c(N[C@@H]2OC(CO[PH](=O)O)[C@@H](O)[C@H]2O)nc(N)[nH]c1=O. The monoisotopic (exact) mass is 336 g/mol. The van der Waals surface area contributed by atoms with Crippen LogP contribution in [-0.4, -0.2) is 56.2 Å². The van der Waals surface area contributed by atoms with Gasteiger partial charge in [-0.05, 0) is 6.92 Å². The van der Waals surface area contributed by atoms with E-state index in [9.17, 15) is 19.6 Å². The molecule has 7 N–H and O–H groups in total. The van der Waals surface area contributed by atoms with Crippen LogP contribution in [0.3, 0.4) is 0 Å². The summed E-state index contributed by atoms with van der Waals surface area (Å²) in [4.78, 5) is 26.4. The van der Waals surface area contributed by atoms with Crippen molar-refractivity contribution in [2.75, 3.05) is 17.7 Å². The molecule has 0 radical (unpaired) electrons. The zero-order chi connectivity index (χ0) is 16.4. The van der Waals surface area contributed by atoms with Crippen molar-refractivity contribution in [3.8, 4) is 0 Å². The van der Waals surface area contributed by atoms with Crippen LogP contribution >= 0.6 is 8.25 Å². The fourth-order valence-corrected chi connectivity index (χ4v) is 2.29. The number of aromatic amines is 1. The third-order valence-corrected chi connectivity index (χ3v) is 3.60. The molecule has 0 saturated carbocycles. The van der Waals surface area contributed by atoms with E-state index in [0.29, 0.717) is 0 Å². The van der Waals surface area contributed by atoms with Crippen LogP contribution < -0.4 is 16.6 Å². The lowest BCUT2D eigenvalue weighted by Crippen LogP contribution is -2.37. The molecule has 1 aliphatic rings. The fraction of sp³-hybridized carbons (Fsp3) is 0.600. The first-order valence-electron chi connectivity index (χ1n) is 6.30. The molecule has 2 unspecified atom stereocenters. The van der Waals surface area contributed by atoms with Crippen molar-refractivity contribution in [3.05, 3.63) is 15.9 Å². The van der Waals surface area contributed by atoms with Gasteiger partial charge >= 0.3 is 8.25 Å². The number of aliphatic hydroxyl groups is 2. The third kappa shape index (κ3) is 3.64. The molecule has 0 bridgehead atoms. The highest BCUT2D eigenvalue weighted by atomic mass is 31.1. The summed E-state index contributed by atoms with van der Waals surface area (Å²) in [6, 6.07) is 0. The number of aromatic nitrogens is 2. The second-order valence-electron chi connectivity index (χ2n) is 4.72. The maximum atomic E-state index is 11.6. The summed E-state index contributed by atoms with van der Waals surface area (Å²) in [7, 11) is -3.17. The Bertz CT molecular complexity index is 624. The molecular weight excluding hydrogens is 319 g/mol. The second-order valence-corrected chi connectivity index (χ2v) is 5.54. The zero-order valence-electron chi connectivity index (χ0n) is 11.5. The maximum Gasteiger partial charge on any atom is 0.316 e. The molecule has 1 aromatic heterocycles. The van der Waals surface area contributed by atoms with E-state index in [1.165, 1.54) is 6.92 Å². The molecule has 2 rings (SSSR count). The lowest BCUT2D eigenvalue weighted by atomic mass is 10.1. The average molecular weight is 336 g/mol. The molecule has 11 nitrogen and oxygen atoms in total. The minimum Gasteiger partial charge on any atom is -0.387 e. The van der Waals surface area contributed by atoms with Crippen molar-refractivity contribution in [2.45, 2.75) is 31.5 Å². The first-order valence-corrected chi connectivity index (χ1v) is 7.56. The molecule has 5 atom stereocenters. The Labute approximate surface area is 125 Å². The second kappa shape index (κ2) is 6.73. The van der Waals surface area contributed by atoms with Crippen LogP contribution in [0.5, 0.6) is 0 Å². The van der Waals surface area contributed by atoms with Gasteiger partial charge in [-0.15, -0.1) is 0 Å². The van der Waals surface area contributed by atoms with E-state index in [1.54, 1.807) is 0 Å². The van der Waals surface area contributed by atoms with Gasteiger partial charge in [0.25, 0.3) is 5.56 Å². The topological polar surface area (TPSA) is 180 Å². The highest BCUT2D eigenvalue weighted by Crippen LogP contribution is 2.26. The van der Waals surface area contributed by atoms with Crippen molar-refractivity contribution in [1.29, 1.82) is 0 Å². The molecule has 0 amide bonds. The Morgan fingerprint density at radius 1 is 1.50 bits per heavy atom. The molecular formula is C10H17N4O7P. The standard InChI is InChI=1S/C10H17N4O7P/c1-3-7(13-10(11)14-8(3)17)12-9-6(16)5(15)4(21-9)2-20-22(18)19/h4-6,9,15-16,22H,2H2,1H3,(H,18,19)(H4,11,12,13,14,17)/t4?,5-,6-,9-/m1/s1. The Hall–Kier alpha value is -1.49. The highest BCUT2D eigenvalue weighted by molar-refractivity contribution is 7.32. The first-order chi connectivity index (χ1) is 10.3. The van der Waals surface area contributed by atoms with E-state index in [4.69, 9.17) is 15.4 Å². The molecule has 12 heteroatoms. The van der Waals surface area contributed by atoms with Gasteiger partial charge in [0.1, 0.15) is 24.1 Å². The van der Waals surface area contributed by atoms with Crippen molar-refractivity contribution >= 4 is 20.0 Å². The molecule has 1 fully saturated rings. The predicted octanol–water partition coefficient (Wildman–Crippen LogP) is -2.08. The lowest BCUT2D eigenvalue weighted by Gasteiger charge is -2.18. The molecule has 1 saturated heterocycles. The van der Waals surface area contributed by atoms with E-state index in [-0.39, 0.29) is 23.9 Å². The smallest absolute Gasteiger partial charge is 0.316 e. The number of rotatable bonds is 5. The normalized spacial score (nSPS) is 29.5. The van der Waals surface area contributed by atoms with E-state index < -0.39 is 38.4 Å². The number of nitrogens with two attached hydrogens (primary N) is 1. The van der Waals surface area contributed by atoms with Gasteiger partial charge in [-0.25, -0.2) is 0 Å². The average Bonchev–Trinajstić information content (AvgIpc) is 2.70. The van der Waals surface area contributed by atoms with Crippen molar-refractivity contribution in [1.82, 2.24) is 9.97 Å². The molecule has 0 spiro atoms. The summed E-state index contributed by atoms with van der Waals surface area (Å²) < 4.78 is 20.3. The lowest BCUT2D eigenvalue weighted by molar-refractivity contribution is -0.00957. The summed E-state index contributed by atoms with van der Waals surface area (Å²) in [5.74, 6) is -0.0281. The van der Waals surface area contributed by atoms with E-state index in [0.717, 1.165) is 0 Å². The number of hydrogen-bond donors (Lipinski definition) is 6. The molecule has 0 aromatic carbocycles. The van der Waals surface area contributed by atoms with Crippen LogP contribution in [0.4, 0.5) is 11.8 Å². The van der Waals surface area contributed by atoms with Gasteiger partial charge in [0, 0.05) is 0 Å². The number of nitrogens with one attached hydrogen (secondary N) is 2. The minimum absolute atomic E-state index is 0.0924. The summed E-state index contributed by atoms with van der Waals surface area (Å²) >= 11 is 0. The van der Waals surface area contributed by atoms with Crippen molar-refractivity contribution in [2.24, 2.45) is 0 Å². The van der Waals surface area contributed by atoms with Gasteiger partial charge in [0.2, 0.25) is 5.95 Å². The molecule has 1 aromatic rings. The summed E-state index contributed by atoms with van der Waals surface area (Å²) in [6.07, 6.45) is -4.78. The van der Waals surface area contributed by atoms with Gasteiger partial charge < -0.3 is 35.4 Å². The summed E-state index contributed by atoms with van der Waals surface area (Å²) in [5, 5.41) is 22.4. The molecule has 22 heavy (non-hydrogen) atoms. The zero-order valence-corrected chi connectivity index (χ0v) is 12.5. The number of hydrogen-bond acceptors (Lipinski definition) is 9. The van der Waals surface area contributed by atoms with Gasteiger partial charge in [-0.2, -0.15) is 4.98 Å². The van der Waals surface area contributed by atoms with Crippen LogP contribution in [-0.2, 0) is 13.8 Å². The Morgan fingerprint density at radius 2 is 2.18 bits per heavy atom. The third-order valence-electron chi connectivity index (χ3n) is 3.18. The minimum atomic E-state index is -3.17. The molecule has 124 valence electrons. The number of aliphatic hydroxyl groups excluding tert-OH is 2. The van der Waals surface area contributed by atoms with Crippen LogP contribution in [0.15, 0.2) is 4.79 Å². The van der Waals surface area contributed by atoms with E-state index in [1.807, 2.05) is 0 Å². The predicted molar refractivity (Wildman–Crippen MR) is 75.5 cm³/mol. The van der Waals surface area contributed by atoms with Crippen LogP contribution in [0, 0.1) is 6.92 Å². The van der Waals surface area contributed by atoms with Crippen LogP contribution in [0.25, 0.3) is 0 Å². The fourth-order valence-electron chi connectivity index (χ4n) is 1.98. The summed E-state index contributed by atoms with van der Waals surface area (Å²) in [5.41, 5.74) is 5.20. The molecule has 1 aliphatic heterocycles. The largest absolute Gasteiger partial charge is 0.387 e. The maximum absolute atomic E-state index is 11.6. The number of nitrogen functional groups attached to an aromatic ring is 1. The molecule has 2 heterocycles. The number of ether oxygens (including phenoxy) is 1. The van der Waals surface area contributed by atoms with E-state index >= 15 is 0 Å². The van der Waals surface area contributed by atoms with Gasteiger partial charge in [-0.1, -0.05) is 0 Å². The number of nitrogens with zero attached hydrogens (tertiary/aromatic N) is 1. The Morgan fingerprint density at radius 3 is 2.82 bits per heavy atom. The van der Waals surface area contributed by atoms with E-state index in [2.05, 4.69) is 19.8 Å². The number of anilines is 2.